The van der Waals surface area contributed by atoms with Gasteiger partial charge in [-0.15, -0.1) is 0 Å². The highest BCUT2D eigenvalue weighted by atomic mass is 31.2. The summed E-state index contributed by atoms with van der Waals surface area (Å²) >= 11 is 0. The van der Waals surface area contributed by atoms with Crippen LogP contribution in [0.15, 0.2) is 60.8 Å². The van der Waals surface area contributed by atoms with Crippen molar-refractivity contribution in [1.82, 2.24) is 5.32 Å². The molecule has 1 amide bonds. The van der Waals surface area contributed by atoms with Gasteiger partial charge in [-0.3, -0.25) is 14.2 Å². The van der Waals surface area contributed by atoms with E-state index >= 15 is 0 Å². The lowest BCUT2D eigenvalue weighted by atomic mass is 10.0. The van der Waals surface area contributed by atoms with Crippen LogP contribution in [-0.2, 0) is 27.9 Å². The Bertz CT molecular complexity index is 1550. The summed E-state index contributed by atoms with van der Waals surface area (Å²) < 4.78 is 30.4. The van der Waals surface area contributed by atoms with E-state index < -0.39 is 26.6 Å². The molecule has 0 saturated heterocycles. The number of nitrogens with zero attached hydrogens (tertiary/aromatic N) is 1. The van der Waals surface area contributed by atoms with E-state index in [1.165, 1.54) is 205 Å². The average Bonchev–Trinajstić information content (AvgIpc) is 3.43. The smallest absolute Gasteiger partial charge is 0.306 e. The van der Waals surface area contributed by atoms with Gasteiger partial charge in [0.15, 0.2) is 0 Å². The molecular weight excluding hydrogens is 1010 g/mol. The molecule has 468 valence electrons. The van der Waals surface area contributed by atoms with Crippen LogP contribution in [0.5, 0.6) is 0 Å². The van der Waals surface area contributed by atoms with Gasteiger partial charge in [-0.1, -0.05) is 294 Å². The molecule has 0 fully saturated rings. The zero-order valence-electron chi connectivity index (χ0n) is 53.5. The van der Waals surface area contributed by atoms with Crippen LogP contribution in [0.25, 0.3) is 0 Å². The average molecular weight is 1140 g/mol. The molecule has 0 aromatic heterocycles. The van der Waals surface area contributed by atoms with E-state index in [1.54, 1.807) is 0 Å². The summed E-state index contributed by atoms with van der Waals surface area (Å²) in [7, 11) is 1.17. The predicted molar refractivity (Wildman–Crippen MR) is 344 cm³/mol. The minimum Gasteiger partial charge on any atom is -0.756 e. The first-order valence-corrected chi connectivity index (χ1v) is 35.6. The molecule has 0 rings (SSSR count). The van der Waals surface area contributed by atoms with E-state index in [4.69, 9.17) is 13.8 Å². The summed E-state index contributed by atoms with van der Waals surface area (Å²) in [5.41, 5.74) is 0. The maximum atomic E-state index is 13.6. The Labute approximate surface area is 496 Å². The Morgan fingerprint density at radius 1 is 0.438 bits per heavy atom. The van der Waals surface area contributed by atoms with Crippen LogP contribution < -0.4 is 10.2 Å². The van der Waals surface area contributed by atoms with Crippen molar-refractivity contribution in [3.63, 3.8) is 0 Å². The fourth-order valence-corrected chi connectivity index (χ4v) is 10.6. The summed E-state index contributed by atoms with van der Waals surface area (Å²) in [6.07, 6.45) is 76.3. The first-order chi connectivity index (χ1) is 38.9. The van der Waals surface area contributed by atoms with Crippen molar-refractivity contribution in [1.29, 1.82) is 0 Å². The number of hydrogen-bond acceptors (Lipinski definition) is 7. The number of allylic oxidation sites excluding steroid dienone is 9. The monoisotopic (exact) mass is 1140 g/mol. The highest BCUT2D eigenvalue weighted by Crippen LogP contribution is 2.38. The molecule has 0 radical (unpaired) electrons. The number of hydrogen-bond donors (Lipinski definition) is 1. The fraction of sp³-hybridized carbons (Fsp3) is 0.829. The van der Waals surface area contributed by atoms with Gasteiger partial charge in [0.1, 0.15) is 19.3 Å². The minimum atomic E-state index is -4.71. The number of phosphoric ester groups is 1. The Balaban J connectivity index is 5.16. The number of quaternary nitrogens is 1. The predicted octanol–water partition coefficient (Wildman–Crippen LogP) is 20.8. The molecule has 0 aliphatic carbocycles. The maximum absolute atomic E-state index is 13.6. The Morgan fingerprint density at radius 3 is 1.18 bits per heavy atom. The zero-order chi connectivity index (χ0) is 58.6. The first kappa shape index (κ1) is 77.7. The summed E-state index contributed by atoms with van der Waals surface area (Å²) in [4.78, 5) is 40.1. The summed E-state index contributed by atoms with van der Waals surface area (Å²) in [6.45, 7) is 6.83. The number of nitrogens with one attached hydrogen (secondary N) is 1. The number of ether oxygens (including phenoxy) is 1. The number of likely N-dealkylation sites (N-methyl/N-ethyl adjacent to an activating group) is 1. The third kappa shape index (κ3) is 60.3. The van der Waals surface area contributed by atoms with Crippen molar-refractivity contribution < 1.29 is 37.3 Å². The van der Waals surface area contributed by atoms with Crippen LogP contribution in [-0.4, -0.2) is 69.4 Å². The van der Waals surface area contributed by atoms with E-state index in [0.717, 1.165) is 77.0 Å². The molecule has 0 bridgehead atoms. The van der Waals surface area contributed by atoms with Gasteiger partial charge >= 0.3 is 5.97 Å². The van der Waals surface area contributed by atoms with Gasteiger partial charge in [0.25, 0.3) is 7.82 Å². The van der Waals surface area contributed by atoms with Crippen LogP contribution in [0, 0.1) is 0 Å². The number of carbonyl (C=O) groups excluding carboxylic acids is 2. The summed E-state index contributed by atoms with van der Waals surface area (Å²) in [5, 5.41) is 3.03. The molecule has 0 aromatic carbocycles. The first-order valence-electron chi connectivity index (χ1n) is 34.1. The maximum Gasteiger partial charge on any atom is 0.306 e. The molecule has 3 unspecified atom stereocenters. The number of esters is 1. The van der Waals surface area contributed by atoms with E-state index in [2.05, 4.69) is 74.7 Å². The number of unbranched alkanes of at least 4 members (excludes halogenated alkanes) is 38. The normalized spacial score (nSPS) is 13.9. The molecule has 3 atom stereocenters. The largest absolute Gasteiger partial charge is 0.756 e. The number of carbonyl (C=O) groups is 2. The van der Waals surface area contributed by atoms with Crippen LogP contribution >= 0.6 is 7.82 Å². The van der Waals surface area contributed by atoms with Crippen molar-refractivity contribution in [3.05, 3.63) is 60.8 Å². The standard InChI is InChI=1S/C70H131N2O7P/c1-7-10-13-16-19-22-25-28-30-32-34-35-36-37-39-40-42-44-47-50-53-56-59-62-69(73)71-67(66-78-80(75,76)77-65-64-72(4,5)6)68(61-58-55-52-49-46-27-24-21-18-15-12-9-3)79-70(74)63-60-57-54-51-48-45-43-41-38-33-31-29-26-23-20-17-14-11-8-2/h20,23,29,31,38,41,45,48,58,61,67-68H,7-19,21-22,24-28,30,32-37,39-40,42-44,46-47,49-57,59-60,62-66H2,1-6H3,(H-,71,73,75,76)/b23-20-,31-29-,41-38-,48-45-,61-58+. The van der Waals surface area contributed by atoms with Crippen LogP contribution in [0.4, 0.5) is 0 Å². The lowest BCUT2D eigenvalue weighted by Gasteiger charge is -2.30. The van der Waals surface area contributed by atoms with Gasteiger partial charge < -0.3 is 28.5 Å². The van der Waals surface area contributed by atoms with Crippen LogP contribution in [0.1, 0.15) is 323 Å². The highest BCUT2D eigenvalue weighted by Gasteiger charge is 2.27. The molecule has 0 aliphatic rings. The molecule has 0 aliphatic heterocycles. The van der Waals surface area contributed by atoms with Crippen molar-refractivity contribution in [2.24, 2.45) is 0 Å². The second-order valence-electron chi connectivity index (χ2n) is 24.3. The number of phosphoric acid groups is 1. The molecule has 1 N–H and O–H groups in total. The van der Waals surface area contributed by atoms with Crippen molar-refractivity contribution in [2.45, 2.75) is 335 Å². The molecule has 80 heavy (non-hydrogen) atoms. The molecule has 0 aromatic rings. The van der Waals surface area contributed by atoms with Crippen LogP contribution in [0.2, 0.25) is 0 Å². The fourth-order valence-electron chi connectivity index (χ4n) is 9.92. The van der Waals surface area contributed by atoms with Crippen molar-refractivity contribution in [3.8, 4) is 0 Å². The van der Waals surface area contributed by atoms with E-state index in [0.29, 0.717) is 23.9 Å². The van der Waals surface area contributed by atoms with Crippen molar-refractivity contribution >= 4 is 19.7 Å². The molecule has 0 saturated carbocycles. The van der Waals surface area contributed by atoms with Crippen molar-refractivity contribution in [2.75, 3.05) is 40.9 Å². The Morgan fingerprint density at radius 2 is 0.762 bits per heavy atom. The molecule has 9 nitrogen and oxygen atoms in total. The van der Waals surface area contributed by atoms with Gasteiger partial charge in [0.2, 0.25) is 5.91 Å². The quantitative estimate of drug-likeness (QED) is 0.0212. The molecular formula is C70H131N2O7P. The van der Waals surface area contributed by atoms with E-state index in [1.807, 2.05) is 33.3 Å². The van der Waals surface area contributed by atoms with Gasteiger partial charge in [0, 0.05) is 12.8 Å². The third-order valence-corrected chi connectivity index (χ3v) is 16.2. The van der Waals surface area contributed by atoms with Gasteiger partial charge in [0.05, 0.1) is 33.8 Å². The minimum absolute atomic E-state index is 0.0274. The second kappa shape index (κ2) is 59.9. The van der Waals surface area contributed by atoms with Gasteiger partial charge in [-0.25, -0.2) is 0 Å². The highest BCUT2D eigenvalue weighted by molar-refractivity contribution is 7.45. The Kier molecular flexibility index (Phi) is 58.1. The summed E-state index contributed by atoms with van der Waals surface area (Å²) in [5.74, 6) is -0.565. The molecule has 0 heterocycles. The van der Waals surface area contributed by atoms with Gasteiger partial charge in [-0.05, 0) is 76.7 Å². The van der Waals surface area contributed by atoms with Gasteiger partial charge in [-0.2, -0.15) is 0 Å². The molecule has 0 spiro atoms. The summed E-state index contributed by atoms with van der Waals surface area (Å²) in [6, 6.07) is -0.901. The second-order valence-corrected chi connectivity index (χ2v) is 25.7. The number of rotatable bonds is 62. The Hall–Kier alpha value is -2.29. The SMILES string of the molecule is CCCCC/C=C\C/C=C\C/C=C\C/C=C\CCCCCC(=O)OC(/C=C/CCCCCCCCCCCC)C(COP(=O)([O-])OCC[N+](C)(C)C)NC(=O)CCCCCCCCCCCCCCCCCCCCCCCCC. The zero-order valence-corrected chi connectivity index (χ0v) is 54.4. The number of amides is 1. The van der Waals surface area contributed by atoms with E-state index in [-0.39, 0.29) is 24.9 Å². The third-order valence-electron chi connectivity index (χ3n) is 15.2. The lowest BCUT2D eigenvalue weighted by molar-refractivity contribution is -0.870. The lowest BCUT2D eigenvalue weighted by Crippen LogP contribution is -2.47. The van der Waals surface area contributed by atoms with Crippen LogP contribution in [0.3, 0.4) is 0 Å². The van der Waals surface area contributed by atoms with E-state index in [9.17, 15) is 19.0 Å². The molecule has 10 heteroatoms. The topological polar surface area (TPSA) is 114 Å².